The Morgan fingerprint density at radius 1 is 1.23 bits per heavy atom. The molecule has 1 aromatic carbocycles. The van der Waals surface area contributed by atoms with Gasteiger partial charge in [-0.2, -0.15) is 5.10 Å². The van der Waals surface area contributed by atoms with E-state index < -0.39 is 0 Å². The molecule has 5 nitrogen and oxygen atoms in total. The van der Waals surface area contributed by atoms with E-state index in [1.165, 1.54) is 5.56 Å². The molecule has 2 atom stereocenters. The predicted octanol–water partition coefficient (Wildman–Crippen LogP) is 3.56. The maximum absolute atomic E-state index is 12.4. The van der Waals surface area contributed by atoms with Crippen molar-refractivity contribution in [2.45, 2.75) is 39.3 Å². The summed E-state index contributed by atoms with van der Waals surface area (Å²) < 4.78 is 7.41. The van der Waals surface area contributed by atoms with Crippen LogP contribution in [0.2, 0.25) is 0 Å². The summed E-state index contributed by atoms with van der Waals surface area (Å²) in [6, 6.07) is 14.1. The average molecular weight is 349 g/mol. The number of carbonyl (C=O) groups excluding carboxylic acids is 1. The summed E-state index contributed by atoms with van der Waals surface area (Å²) in [7, 11) is 0. The van der Waals surface area contributed by atoms with Crippen LogP contribution in [0.15, 0.2) is 53.1 Å². The van der Waals surface area contributed by atoms with Crippen molar-refractivity contribution < 1.29 is 9.21 Å². The van der Waals surface area contributed by atoms with Gasteiger partial charge in [0.05, 0.1) is 18.5 Å². The van der Waals surface area contributed by atoms with Gasteiger partial charge in [0.1, 0.15) is 5.76 Å². The highest BCUT2D eigenvalue weighted by molar-refractivity contribution is 5.82. The lowest BCUT2D eigenvalue weighted by Crippen LogP contribution is -2.25. The van der Waals surface area contributed by atoms with Crippen LogP contribution in [-0.4, -0.2) is 15.7 Å². The Bertz CT molecular complexity index is 897. The van der Waals surface area contributed by atoms with Crippen molar-refractivity contribution >= 4 is 5.91 Å². The monoisotopic (exact) mass is 349 g/mol. The molecule has 0 radical (unpaired) electrons. The lowest BCUT2D eigenvalue weighted by Gasteiger charge is -2.07. The smallest absolute Gasteiger partial charge is 0.224 e. The highest BCUT2D eigenvalue weighted by Crippen LogP contribution is 2.47. The fourth-order valence-corrected chi connectivity index (χ4v) is 3.51. The van der Waals surface area contributed by atoms with E-state index in [-0.39, 0.29) is 17.7 Å². The Hall–Kier alpha value is -2.82. The summed E-state index contributed by atoms with van der Waals surface area (Å²) >= 11 is 0. The van der Waals surface area contributed by atoms with E-state index in [1.54, 1.807) is 6.26 Å². The molecule has 1 saturated carbocycles. The summed E-state index contributed by atoms with van der Waals surface area (Å²) in [6.45, 7) is 5.32. The first-order valence-electron chi connectivity index (χ1n) is 9.01. The molecule has 1 amide bonds. The maximum atomic E-state index is 12.4. The van der Waals surface area contributed by atoms with Crippen LogP contribution in [0, 0.1) is 19.8 Å². The number of benzene rings is 1. The van der Waals surface area contributed by atoms with E-state index >= 15 is 0 Å². The Labute approximate surface area is 153 Å². The van der Waals surface area contributed by atoms with E-state index in [4.69, 9.17) is 4.42 Å². The van der Waals surface area contributed by atoms with Gasteiger partial charge in [-0.05, 0) is 38.0 Å². The van der Waals surface area contributed by atoms with Crippen LogP contribution in [0.3, 0.4) is 0 Å². The van der Waals surface area contributed by atoms with Gasteiger partial charge in [-0.1, -0.05) is 30.3 Å². The fourth-order valence-electron chi connectivity index (χ4n) is 3.51. The quantitative estimate of drug-likeness (QED) is 0.740. The van der Waals surface area contributed by atoms with Gasteiger partial charge in [-0.25, -0.2) is 0 Å². The molecule has 134 valence electrons. The summed E-state index contributed by atoms with van der Waals surface area (Å²) in [5, 5.41) is 7.73. The topological polar surface area (TPSA) is 60.1 Å². The van der Waals surface area contributed by atoms with Crippen molar-refractivity contribution in [1.82, 2.24) is 15.1 Å². The first-order chi connectivity index (χ1) is 12.6. The number of nitrogens with one attached hydrogen (secondary N) is 1. The van der Waals surface area contributed by atoms with Gasteiger partial charge in [-0.3, -0.25) is 9.48 Å². The second-order valence-electron chi connectivity index (χ2n) is 6.97. The van der Waals surface area contributed by atoms with Crippen molar-refractivity contribution in [3.63, 3.8) is 0 Å². The van der Waals surface area contributed by atoms with Gasteiger partial charge in [0, 0.05) is 29.6 Å². The number of aryl methyl sites for hydroxylation is 1. The van der Waals surface area contributed by atoms with Gasteiger partial charge in [0.15, 0.2) is 0 Å². The van der Waals surface area contributed by atoms with E-state index in [9.17, 15) is 4.79 Å². The van der Waals surface area contributed by atoms with Crippen molar-refractivity contribution in [3.05, 3.63) is 77.0 Å². The number of amides is 1. The molecule has 2 aromatic heterocycles. The summed E-state index contributed by atoms with van der Waals surface area (Å²) in [4.78, 5) is 12.4. The molecule has 0 aliphatic heterocycles. The molecule has 2 heterocycles. The Morgan fingerprint density at radius 2 is 2.04 bits per heavy atom. The Balaban J connectivity index is 1.39. The molecule has 1 aliphatic rings. The lowest BCUT2D eigenvalue weighted by molar-refractivity contribution is -0.122. The number of hydrogen-bond acceptors (Lipinski definition) is 3. The molecular formula is C21H23N3O2. The molecule has 5 heteroatoms. The maximum Gasteiger partial charge on any atom is 0.224 e. The van der Waals surface area contributed by atoms with E-state index in [0.717, 1.165) is 35.7 Å². The molecule has 1 fully saturated rings. The third kappa shape index (κ3) is 3.29. The van der Waals surface area contributed by atoms with Crippen molar-refractivity contribution in [1.29, 1.82) is 0 Å². The standard InChI is InChI=1S/C21H23N3O2/c1-14-19(15(2)24(23-14)13-16-7-4-3-5-8-16)12-22-21(25)18-11-17(18)20-9-6-10-26-20/h3-10,17-18H,11-13H2,1-2H3,(H,22,25)/t17-,18+/m1/s1. The zero-order valence-corrected chi connectivity index (χ0v) is 15.1. The first kappa shape index (κ1) is 16.6. The Morgan fingerprint density at radius 3 is 2.77 bits per heavy atom. The summed E-state index contributed by atoms with van der Waals surface area (Å²) in [6.07, 6.45) is 2.53. The zero-order chi connectivity index (χ0) is 18.1. The summed E-state index contributed by atoms with van der Waals surface area (Å²) in [5.74, 6) is 1.27. The van der Waals surface area contributed by atoms with Crippen LogP contribution in [0.5, 0.6) is 0 Å². The minimum atomic E-state index is 0.0288. The normalized spacial score (nSPS) is 18.7. The van der Waals surface area contributed by atoms with Crippen molar-refractivity contribution in [2.24, 2.45) is 5.92 Å². The van der Waals surface area contributed by atoms with Crippen LogP contribution in [0.4, 0.5) is 0 Å². The van der Waals surface area contributed by atoms with Crippen LogP contribution in [0.1, 0.15) is 40.6 Å². The molecule has 4 rings (SSSR count). The lowest BCUT2D eigenvalue weighted by atomic mass is 10.2. The molecule has 0 spiro atoms. The third-order valence-corrected chi connectivity index (χ3v) is 5.18. The largest absolute Gasteiger partial charge is 0.469 e. The van der Waals surface area contributed by atoms with Crippen LogP contribution >= 0.6 is 0 Å². The second kappa shape index (κ2) is 6.83. The van der Waals surface area contributed by atoms with Crippen molar-refractivity contribution in [3.8, 4) is 0 Å². The highest BCUT2D eigenvalue weighted by Gasteiger charge is 2.45. The summed E-state index contributed by atoms with van der Waals surface area (Å²) in [5.41, 5.74) is 4.39. The first-order valence-corrected chi connectivity index (χ1v) is 9.01. The minimum absolute atomic E-state index is 0.0288. The van der Waals surface area contributed by atoms with Gasteiger partial charge in [-0.15, -0.1) is 0 Å². The molecule has 0 unspecified atom stereocenters. The Kier molecular flexibility index (Phi) is 4.37. The molecule has 0 bridgehead atoms. The van der Waals surface area contributed by atoms with E-state index in [2.05, 4.69) is 29.5 Å². The molecule has 3 aromatic rings. The molecule has 26 heavy (non-hydrogen) atoms. The second-order valence-corrected chi connectivity index (χ2v) is 6.97. The molecular weight excluding hydrogens is 326 g/mol. The van der Waals surface area contributed by atoms with Crippen molar-refractivity contribution in [2.75, 3.05) is 0 Å². The molecule has 1 N–H and O–H groups in total. The number of hydrogen-bond donors (Lipinski definition) is 1. The fraction of sp³-hybridized carbons (Fsp3) is 0.333. The highest BCUT2D eigenvalue weighted by atomic mass is 16.3. The van der Waals surface area contributed by atoms with E-state index in [0.29, 0.717) is 6.54 Å². The van der Waals surface area contributed by atoms with Gasteiger partial charge < -0.3 is 9.73 Å². The van der Waals surface area contributed by atoms with Crippen LogP contribution in [-0.2, 0) is 17.9 Å². The van der Waals surface area contributed by atoms with Crippen LogP contribution < -0.4 is 5.32 Å². The van der Waals surface area contributed by atoms with Gasteiger partial charge in [0.2, 0.25) is 5.91 Å². The van der Waals surface area contributed by atoms with Gasteiger partial charge in [0.25, 0.3) is 0 Å². The number of rotatable bonds is 6. The average Bonchev–Trinajstić information content (AvgIpc) is 3.17. The number of furan rings is 1. The van der Waals surface area contributed by atoms with Crippen LogP contribution in [0.25, 0.3) is 0 Å². The minimum Gasteiger partial charge on any atom is -0.469 e. The zero-order valence-electron chi connectivity index (χ0n) is 15.1. The van der Waals surface area contributed by atoms with Gasteiger partial charge >= 0.3 is 0 Å². The number of carbonyl (C=O) groups is 1. The molecule has 1 aliphatic carbocycles. The molecule has 0 saturated heterocycles. The SMILES string of the molecule is Cc1nn(Cc2ccccc2)c(C)c1CNC(=O)[C@H]1C[C@H]1c1ccco1. The predicted molar refractivity (Wildman–Crippen MR) is 98.6 cm³/mol. The van der Waals surface area contributed by atoms with E-state index in [1.807, 2.05) is 41.9 Å². The number of aromatic nitrogens is 2. The number of nitrogens with zero attached hydrogens (tertiary/aromatic N) is 2. The third-order valence-electron chi connectivity index (χ3n) is 5.18.